The van der Waals surface area contributed by atoms with Gasteiger partial charge in [-0.05, 0) is 51.5 Å². The number of halogens is 2. The Morgan fingerprint density at radius 2 is 2.22 bits per heavy atom. The molecule has 0 spiro atoms. The summed E-state index contributed by atoms with van der Waals surface area (Å²) in [5.41, 5.74) is 1.25. The summed E-state index contributed by atoms with van der Waals surface area (Å²) in [6, 6.07) is 10.5. The molecule has 2 rings (SSSR count). The van der Waals surface area contributed by atoms with E-state index in [1.165, 1.54) is 14.9 Å². The molecule has 0 saturated carbocycles. The fourth-order valence-electron chi connectivity index (χ4n) is 1.89. The monoisotopic (exact) mass is 343 g/mol. The Morgan fingerprint density at radius 3 is 2.83 bits per heavy atom. The van der Waals surface area contributed by atoms with Crippen molar-refractivity contribution in [1.82, 2.24) is 5.32 Å². The Morgan fingerprint density at radius 1 is 1.39 bits per heavy atom. The van der Waals surface area contributed by atoms with Crippen LogP contribution in [0.5, 0.6) is 0 Å². The average molecular weight is 345 g/mol. The van der Waals surface area contributed by atoms with Gasteiger partial charge < -0.3 is 5.32 Å². The summed E-state index contributed by atoms with van der Waals surface area (Å²) in [5, 5.41) is 6.47. The van der Waals surface area contributed by atoms with Crippen molar-refractivity contribution in [2.45, 2.75) is 25.9 Å². The van der Waals surface area contributed by atoms with Crippen molar-refractivity contribution in [2.75, 3.05) is 0 Å². The molecule has 1 heterocycles. The van der Waals surface area contributed by atoms with Crippen molar-refractivity contribution in [3.63, 3.8) is 0 Å². The number of hydrogen-bond donors (Lipinski definition) is 1. The molecular formula is C14H15BrClNS. The maximum absolute atomic E-state index is 6.04. The van der Waals surface area contributed by atoms with Gasteiger partial charge in [0.15, 0.2) is 0 Å². The highest BCUT2D eigenvalue weighted by molar-refractivity contribution is 9.10. The number of hydrogen-bond acceptors (Lipinski definition) is 2. The molecule has 0 bridgehead atoms. The zero-order valence-corrected chi connectivity index (χ0v) is 13.3. The fraction of sp³-hybridized carbons (Fsp3) is 0.286. The Kier molecular flexibility index (Phi) is 5.25. The molecule has 1 N–H and O–H groups in total. The van der Waals surface area contributed by atoms with Crippen molar-refractivity contribution >= 4 is 38.9 Å². The van der Waals surface area contributed by atoms with Gasteiger partial charge in [-0.1, -0.05) is 30.7 Å². The Labute approximate surface area is 125 Å². The van der Waals surface area contributed by atoms with Crippen LogP contribution in [0.2, 0.25) is 5.02 Å². The van der Waals surface area contributed by atoms with Crippen LogP contribution in [-0.4, -0.2) is 0 Å². The molecule has 0 saturated heterocycles. The van der Waals surface area contributed by atoms with Gasteiger partial charge in [0, 0.05) is 27.0 Å². The predicted octanol–water partition coefficient (Wildman–Crippen LogP) is 5.40. The third-order valence-electron chi connectivity index (χ3n) is 2.86. The van der Waals surface area contributed by atoms with E-state index in [0.717, 1.165) is 18.0 Å². The maximum Gasteiger partial charge on any atom is 0.0409 e. The highest BCUT2D eigenvalue weighted by Crippen LogP contribution is 2.25. The topological polar surface area (TPSA) is 12.0 Å². The standard InChI is InChI=1S/C14H15BrClNS/c1-2-13(10-4-3-5-11(16)8-10)17-9-14-12(15)6-7-18-14/h3-8,13,17H,2,9H2,1H3. The third-order valence-corrected chi connectivity index (χ3v) is 5.02. The van der Waals surface area contributed by atoms with Gasteiger partial charge in [0.05, 0.1) is 0 Å². The molecule has 0 amide bonds. The molecule has 18 heavy (non-hydrogen) atoms. The van der Waals surface area contributed by atoms with Crippen LogP contribution in [0.3, 0.4) is 0 Å². The molecular weight excluding hydrogens is 330 g/mol. The summed E-state index contributed by atoms with van der Waals surface area (Å²) < 4.78 is 1.18. The van der Waals surface area contributed by atoms with Gasteiger partial charge in [0.1, 0.15) is 0 Å². The molecule has 0 aliphatic heterocycles. The van der Waals surface area contributed by atoms with Crippen LogP contribution in [0.4, 0.5) is 0 Å². The Balaban J connectivity index is 2.04. The van der Waals surface area contributed by atoms with Crippen molar-refractivity contribution in [2.24, 2.45) is 0 Å². The molecule has 0 aliphatic carbocycles. The fourth-order valence-corrected chi connectivity index (χ4v) is 3.53. The molecule has 1 nitrogen and oxygen atoms in total. The van der Waals surface area contributed by atoms with Gasteiger partial charge in [-0.25, -0.2) is 0 Å². The van der Waals surface area contributed by atoms with Crippen LogP contribution in [0.15, 0.2) is 40.2 Å². The second kappa shape index (κ2) is 6.71. The first-order valence-electron chi connectivity index (χ1n) is 5.91. The quantitative estimate of drug-likeness (QED) is 0.765. The van der Waals surface area contributed by atoms with Gasteiger partial charge in [0.25, 0.3) is 0 Å². The van der Waals surface area contributed by atoms with Crippen molar-refractivity contribution in [3.05, 3.63) is 55.6 Å². The summed E-state index contributed by atoms with van der Waals surface area (Å²) in [7, 11) is 0. The summed E-state index contributed by atoms with van der Waals surface area (Å²) in [4.78, 5) is 1.33. The van der Waals surface area contributed by atoms with E-state index < -0.39 is 0 Å². The van der Waals surface area contributed by atoms with Gasteiger partial charge in [-0.3, -0.25) is 0 Å². The Hall–Kier alpha value is -0.350. The van der Waals surface area contributed by atoms with Gasteiger partial charge in [-0.15, -0.1) is 11.3 Å². The Bertz CT molecular complexity index is 512. The minimum atomic E-state index is 0.345. The second-order valence-electron chi connectivity index (χ2n) is 4.09. The molecule has 0 aliphatic rings. The minimum absolute atomic E-state index is 0.345. The largest absolute Gasteiger partial charge is 0.305 e. The first-order valence-corrected chi connectivity index (χ1v) is 7.96. The molecule has 1 aromatic carbocycles. The normalized spacial score (nSPS) is 12.6. The zero-order valence-electron chi connectivity index (χ0n) is 10.1. The second-order valence-corrected chi connectivity index (χ2v) is 6.38. The number of thiophene rings is 1. The first kappa shape index (κ1) is 14.1. The smallest absolute Gasteiger partial charge is 0.0409 e. The maximum atomic E-state index is 6.04. The molecule has 0 radical (unpaired) electrons. The van der Waals surface area contributed by atoms with Crippen LogP contribution in [0.1, 0.15) is 29.8 Å². The SMILES string of the molecule is CCC(NCc1sccc1Br)c1cccc(Cl)c1. The van der Waals surface area contributed by atoms with Gasteiger partial charge >= 0.3 is 0 Å². The summed E-state index contributed by atoms with van der Waals surface area (Å²) in [6.07, 6.45) is 1.04. The lowest BCUT2D eigenvalue weighted by atomic mass is 10.0. The van der Waals surface area contributed by atoms with Gasteiger partial charge in [-0.2, -0.15) is 0 Å². The summed E-state index contributed by atoms with van der Waals surface area (Å²) in [6.45, 7) is 3.06. The van der Waals surface area contributed by atoms with Crippen LogP contribution in [0.25, 0.3) is 0 Å². The molecule has 1 atom stereocenters. The van der Waals surface area contributed by atoms with Crippen LogP contribution >= 0.6 is 38.9 Å². The third kappa shape index (κ3) is 3.58. The molecule has 2 aromatic rings. The van der Waals surface area contributed by atoms with E-state index in [2.05, 4.69) is 45.7 Å². The number of benzene rings is 1. The lowest BCUT2D eigenvalue weighted by molar-refractivity contribution is 0.521. The number of rotatable bonds is 5. The minimum Gasteiger partial charge on any atom is -0.305 e. The first-order chi connectivity index (χ1) is 8.70. The van der Waals surface area contributed by atoms with Crippen LogP contribution < -0.4 is 5.32 Å². The zero-order chi connectivity index (χ0) is 13.0. The van der Waals surface area contributed by atoms with Crippen molar-refractivity contribution < 1.29 is 0 Å². The van der Waals surface area contributed by atoms with E-state index in [-0.39, 0.29) is 0 Å². The molecule has 4 heteroatoms. The van der Waals surface area contributed by atoms with E-state index in [1.807, 2.05) is 18.2 Å². The number of nitrogens with one attached hydrogen (secondary N) is 1. The highest BCUT2D eigenvalue weighted by Gasteiger charge is 2.10. The van der Waals surface area contributed by atoms with E-state index in [1.54, 1.807) is 11.3 Å². The molecule has 1 aromatic heterocycles. The average Bonchev–Trinajstić information content (AvgIpc) is 2.76. The summed E-state index contributed by atoms with van der Waals surface area (Å²) in [5.74, 6) is 0. The van der Waals surface area contributed by atoms with E-state index in [9.17, 15) is 0 Å². The molecule has 0 fully saturated rings. The van der Waals surface area contributed by atoms with Crippen LogP contribution in [0, 0.1) is 0 Å². The summed E-state index contributed by atoms with van der Waals surface area (Å²) >= 11 is 11.4. The molecule has 1 unspecified atom stereocenters. The van der Waals surface area contributed by atoms with Crippen molar-refractivity contribution in [1.29, 1.82) is 0 Å². The molecule has 96 valence electrons. The lowest BCUT2D eigenvalue weighted by Gasteiger charge is -2.17. The van der Waals surface area contributed by atoms with Gasteiger partial charge in [0.2, 0.25) is 0 Å². The highest BCUT2D eigenvalue weighted by atomic mass is 79.9. The predicted molar refractivity (Wildman–Crippen MR) is 83.3 cm³/mol. The van der Waals surface area contributed by atoms with E-state index in [0.29, 0.717) is 6.04 Å². The lowest BCUT2D eigenvalue weighted by Crippen LogP contribution is -2.19. The van der Waals surface area contributed by atoms with E-state index in [4.69, 9.17) is 11.6 Å². The van der Waals surface area contributed by atoms with Crippen LogP contribution in [-0.2, 0) is 6.54 Å². The van der Waals surface area contributed by atoms with Crippen molar-refractivity contribution in [3.8, 4) is 0 Å². The van der Waals surface area contributed by atoms with E-state index >= 15 is 0 Å².